The Kier molecular flexibility index (Phi) is 4.94. The topological polar surface area (TPSA) is 55.4 Å². The summed E-state index contributed by atoms with van der Waals surface area (Å²) in [5.41, 5.74) is 1.31. The van der Waals surface area contributed by atoms with Crippen LogP contribution in [0.25, 0.3) is 0 Å². The molecule has 0 unspecified atom stereocenters. The molecule has 1 N–H and O–H groups in total. The Morgan fingerprint density at radius 3 is 2.47 bits per heavy atom. The number of carbonyl (C=O) groups is 2. The third-order valence-electron chi connectivity index (χ3n) is 1.96. The standard InChI is InChI=1S/C13H15NO3/c1-3-17-13(16)11-4-6-12(7-5-11)14-9-8-10(2)15/h4-9,14H,3H2,1-2H3. The number of ketones is 1. The molecule has 0 aliphatic rings. The van der Waals surface area contributed by atoms with Crippen LogP contribution in [0.5, 0.6) is 0 Å². The summed E-state index contributed by atoms with van der Waals surface area (Å²) < 4.78 is 4.86. The van der Waals surface area contributed by atoms with Crippen molar-refractivity contribution >= 4 is 17.4 Å². The normalized spacial score (nSPS) is 10.2. The van der Waals surface area contributed by atoms with E-state index in [0.717, 1.165) is 5.69 Å². The van der Waals surface area contributed by atoms with E-state index < -0.39 is 0 Å². The fourth-order valence-electron chi connectivity index (χ4n) is 1.17. The number of rotatable bonds is 5. The highest BCUT2D eigenvalue weighted by Crippen LogP contribution is 2.10. The van der Waals surface area contributed by atoms with Crippen molar-refractivity contribution in [2.24, 2.45) is 0 Å². The molecule has 17 heavy (non-hydrogen) atoms. The van der Waals surface area contributed by atoms with Gasteiger partial charge in [-0.1, -0.05) is 0 Å². The zero-order valence-electron chi connectivity index (χ0n) is 9.90. The van der Waals surface area contributed by atoms with Gasteiger partial charge in [0.25, 0.3) is 0 Å². The van der Waals surface area contributed by atoms with E-state index in [-0.39, 0.29) is 11.8 Å². The van der Waals surface area contributed by atoms with Crippen molar-refractivity contribution in [3.8, 4) is 0 Å². The average Bonchev–Trinajstić information content (AvgIpc) is 2.30. The van der Waals surface area contributed by atoms with E-state index in [1.54, 1.807) is 37.4 Å². The molecule has 4 nitrogen and oxygen atoms in total. The average molecular weight is 233 g/mol. The van der Waals surface area contributed by atoms with Crippen molar-refractivity contribution in [2.45, 2.75) is 13.8 Å². The van der Waals surface area contributed by atoms with Crippen molar-refractivity contribution in [1.29, 1.82) is 0 Å². The van der Waals surface area contributed by atoms with E-state index >= 15 is 0 Å². The van der Waals surface area contributed by atoms with Crippen molar-refractivity contribution in [3.05, 3.63) is 42.1 Å². The Morgan fingerprint density at radius 1 is 1.29 bits per heavy atom. The Bertz CT molecular complexity index is 421. The SMILES string of the molecule is CCOC(=O)c1ccc(NC=CC(C)=O)cc1. The summed E-state index contributed by atoms with van der Waals surface area (Å²) in [4.78, 5) is 22.0. The van der Waals surface area contributed by atoms with Crippen molar-refractivity contribution in [2.75, 3.05) is 11.9 Å². The maximum atomic E-state index is 11.4. The molecule has 0 saturated carbocycles. The summed E-state index contributed by atoms with van der Waals surface area (Å²) in [6, 6.07) is 6.83. The van der Waals surface area contributed by atoms with E-state index in [4.69, 9.17) is 4.74 Å². The van der Waals surface area contributed by atoms with Crippen LogP contribution < -0.4 is 5.32 Å². The largest absolute Gasteiger partial charge is 0.462 e. The van der Waals surface area contributed by atoms with Gasteiger partial charge in [0.1, 0.15) is 0 Å². The number of anilines is 1. The monoisotopic (exact) mass is 233 g/mol. The van der Waals surface area contributed by atoms with Gasteiger partial charge in [-0.05, 0) is 44.2 Å². The number of esters is 1. The molecule has 0 bridgehead atoms. The molecular weight excluding hydrogens is 218 g/mol. The minimum Gasteiger partial charge on any atom is -0.462 e. The minimum absolute atomic E-state index is 0.0272. The first kappa shape index (κ1) is 13.0. The van der Waals surface area contributed by atoms with Gasteiger partial charge >= 0.3 is 5.97 Å². The third kappa shape index (κ3) is 4.51. The number of hydrogen-bond donors (Lipinski definition) is 1. The first-order chi connectivity index (χ1) is 8.13. The summed E-state index contributed by atoms with van der Waals surface area (Å²) in [5, 5.41) is 2.92. The highest BCUT2D eigenvalue weighted by atomic mass is 16.5. The van der Waals surface area contributed by atoms with E-state index in [9.17, 15) is 9.59 Å². The molecule has 1 aromatic rings. The molecule has 0 aliphatic heterocycles. The van der Waals surface area contributed by atoms with Gasteiger partial charge < -0.3 is 10.1 Å². The van der Waals surface area contributed by atoms with Crippen LogP contribution in [0.1, 0.15) is 24.2 Å². The first-order valence-corrected chi connectivity index (χ1v) is 5.34. The predicted molar refractivity (Wildman–Crippen MR) is 65.8 cm³/mol. The van der Waals surface area contributed by atoms with Crippen LogP contribution in [-0.4, -0.2) is 18.4 Å². The van der Waals surface area contributed by atoms with Crippen molar-refractivity contribution in [1.82, 2.24) is 0 Å². The fourth-order valence-corrected chi connectivity index (χ4v) is 1.17. The second-order valence-electron chi connectivity index (χ2n) is 3.39. The van der Waals surface area contributed by atoms with Gasteiger partial charge in [0.15, 0.2) is 5.78 Å². The lowest BCUT2D eigenvalue weighted by Gasteiger charge is -2.03. The second-order valence-corrected chi connectivity index (χ2v) is 3.39. The molecule has 1 aromatic carbocycles. The number of hydrogen-bond acceptors (Lipinski definition) is 4. The van der Waals surface area contributed by atoms with Crippen molar-refractivity contribution in [3.63, 3.8) is 0 Å². The Hall–Kier alpha value is -2.10. The number of allylic oxidation sites excluding steroid dienone is 1. The lowest BCUT2D eigenvalue weighted by molar-refractivity contribution is -0.112. The van der Waals surface area contributed by atoms with Gasteiger partial charge in [-0.2, -0.15) is 0 Å². The molecule has 0 atom stereocenters. The second kappa shape index (κ2) is 6.48. The zero-order valence-corrected chi connectivity index (χ0v) is 9.90. The van der Waals surface area contributed by atoms with Crippen LogP contribution in [0.2, 0.25) is 0 Å². The summed E-state index contributed by atoms with van der Waals surface area (Å²) in [6.45, 7) is 3.60. The molecule has 0 fully saturated rings. The molecule has 0 saturated heterocycles. The predicted octanol–water partition coefficient (Wildman–Crippen LogP) is 2.38. The molecular formula is C13H15NO3. The van der Waals surface area contributed by atoms with Crippen LogP contribution in [0.4, 0.5) is 5.69 Å². The van der Waals surface area contributed by atoms with E-state index in [1.165, 1.54) is 13.0 Å². The van der Waals surface area contributed by atoms with Crippen LogP contribution in [0, 0.1) is 0 Å². The number of ether oxygens (including phenoxy) is 1. The molecule has 0 heterocycles. The number of carbonyl (C=O) groups excluding carboxylic acids is 2. The zero-order chi connectivity index (χ0) is 12.7. The van der Waals surface area contributed by atoms with E-state index in [1.807, 2.05) is 0 Å². The molecule has 0 amide bonds. The molecule has 0 aliphatic carbocycles. The van der Waals surface area contributed by atoms with Crippen LogP contribution >= 0.6 is 0 Å². The smallest absolute Gasteiger partial charge is 0.338 e. The van der Waals surface area contributed by atoms with Gasteiger partial charge in [0, 0.05) is 11.9 Å². The summed E-state index contributed by atoms with van der Waals surface area (Å²) >= 11 is 0. The Morgan fingerprint density at radius 2 is 1.94 bits per heavy atom. The van der Waals surface area contributed by atoms with Gasteiger partial charge in [-0.3, -0.25) is 4.79 Å². The fraction of sp³-hybridized carbons (Fsp3) is 0.231. The first-order valence-electron chi connectivity index (χ1n) is 5.34. The molecule has 1 rings (SSSR count). The molecule has 0 radical (unpaired) electrons. The van der Waals surface area contributed by atoms with Gasteiger partial charge in [0.2, 0.25) is 0 Å². The molecule has 0 spiro atoms. The van der Waals surface area contributed by atoms with Gasteiger partial charge in [-0.25, -0.2) is 4.79 Å². The van der Waals surface area contributed by atoms with Crippen LogP contribution in [-0.2, 0) is 9.53 Å². The van der Waals surface area contributed by atoms with Gasteiger partial charge in [0.05, 0.1) is 12.2 Å². The maximum absolute atomic E-state index is 11.4. The summed E-state index contributed by atoms with van der Waals surface area (Å²) in [5.74, 6) is -0.362. The molecule has 0 aromatic heterocycles. The number of nitrogens with one attached hydrogen (secondary N) is 1. The van der Waals surface area contributed by atoms with E-state index in [0.29, 0.717) is 12.2 Å². The lowest BCUT2D eigenvalue weighted by atomic mass is 10.2. The minimum atomic E-state index is -0.335. The van der Waals surface area contributed by atoms with Gasteiger partial charge in [-0.15, -0.1) is 0 Å². The Balaban J connectivity index is 2.62. The quantitative estimate of drug-likeness (QED) is 0.626. The highest BCUT2D eigenvalue weighted by molar-refractivity contribution is 5.90. The van der Waals surface area contributed by atoms with E-state index in [2.05, 4.69) is 5.32 Å². The summed E-state index contributed by atoms with van der Waals surface area (Å²) in [6.07, 6.45) is 2.99. The van der Waals surface area contributed by atoms with Crippen LogP contribution in [0.15, 0.2) is 36.5 Å². The maximum Gasteiger partial charge on any atom is 0.338 e. The number of benzene rings is 1. The third-order valence-corrected chi connectivity index (χ3v) is 1.96. The van der Waals surface area contributed by atoms with Crippen molar-refractivity contribution < 1.29 is 14.3 Å². The lowest BCUT2D eigenvalue weighted by Crippen LogP contribution is -2.04. The molecule has 4 heteroatoms. The summed E-state index contributed by atoms with van der Waals surface area (Å²) in [7, 11) is 0. The highest BCUT2D eigenvalue weighted by Gasteiger charge is 2.04. The van der Waals surface area contributed by atoms with Crippen LogP contribution in [0.3, 0.4) is 0 Å². The Labute approximate surface area is 100 Å². The molecule has 90 valence electrons.